The van der Waals surface area contributed by atoms with Gasteiger partial charge in [0.05, 0.1) is 11.9 Å². The van der Waals surface area contributed by atoms with E-state index in [1.807, 2.05) is 0 Å². The highest BCUT2D eigenvalue weighted by Crippen LogP contribution is 2.19. The molecule has 1 heterocycles. The van der Waals surface area contributed by atoms with Gasteiger partial charge < -0.3 is 15.1 Å². The Balaban J connectivity index is 2.41. The molecule has 1 fully saturated rings. The van der Waals surface area contributed by atoms with Crippen LogP contribution in [0.5, 0.6) is 0 Å². The van der Waals surface area contributed by atoms with Crippen LogP contribution in [0.4, 0.5) is 0 Å². The molecule has 17 heavy (non-hydrogen) atoms. The fourth-order valence-electron chi connectivity index (χ4n) is 1.81. The van der Waals surface area contributed by atoms with E-state index in [-0.39, 0.29) is 18.9 Å². The summed E-state index contributed by atoms with van der Waals surface area (Å²) in [7, 11) is 0. The number of amides is 1. The maximum Gasteiger partial charge on any atom is 0.326 e. The molecule has 1 aliphatic rings. The molecule has 1 amide bonds. The van der Waals surface area contributed by atoms with Crippen LogP contribution in [0, 0.1) is 0 Å². The zero-order chi connectivity index (χ0) is 12.8. The second-order valence-electron chi connectivity index (χ2n) is 4.20. The van der Waals surface area contributed by atoms with Crippen molar-refractivity contribution in [1.29, 1.82) is 0 Å². The summed E-state index contributed by atoms with van der Waals surface area (Å²) in [5, 5.41) is 18.4. The van der Waals surface area contributed by atoms with Crippen LogP contribution in [0.2, 0.25) is 0 Å². The van der Waals surface area contributed by atoms with Gasteiger partial charge in [0.25, 0.3) is 0 Å². The van der Waals surface area contributed by atoms with E-state index < -0.39 is 18.1 Å². The van der Waals surface area contributed by atoms with Crippen LogP contribution in [-0.2, 0) is 9.59 Å². The van der Waals surface area contributed by atoms with Gasteiger partial charge in [-0.2, -0.15) is 11.8 Å². The maximum atomic E-state index is 11.8. The second-order valence-corrected chi connectivity index (χ2v) is 5.30. The number of aliphatic hydroxyl groups is 1. The van der Waals surface area contributed by atoms with E-state index in [1.165, 1.54) is 16.7 Å². The molecule has 2 atom stereocenters. The first kappa shape index (κ1) is 14.3. The van der Waals surface area contributed by atoms with E-state index in [9.17, 15) is 14.7 Å². The van der Waals surface area contributed by atoms with Crippen molar-refractivity contribution in [2.45, 2.75) is 38.3 Å². The number of likely N-dealkylation sites (tertiary alicyclic amines) is 1. The standard InChI is InChI=1S/C11H19NO4S/c1-2-3-4-17-7-10(14)12-6-8(13)5-9(12)11(15)16/h8-9,13H,2-7H2,1H3,(H,15,16)/t8-,9-/m1/s1. The van der Waals surface area contributed by atoms with Crippen LogP contribution in [0.1, 0.15) is 26.2 Å². The highest BCUT2D eigenvalue weighted by atomic mass is 32.2. The molecule has 5 nitrogen and oxygen atoms in total. The van der Waals surface area contributed by atoms with E-state index in [4.69, 9.17) is 5.11 Å². The average Bonchev–Trinajstić information content (AvgIpc) is 2.66. The maximum absolute atomic E-state index is 11.8. The van der Waals surface area contributed by atoms with Crippen molar-refractivity contribution in [2.24, 2.45) is 0 Å². The Morgan fingerprint density at radius 2 is 2.18 bits per heavy atom. The molecule has 1 rings (SSSR count). The molecule has 0 aromatic rings. The number of hydrogen-bond donors (Lipinski definition) is 2. The van der Waals surface area contributed by atoms with E-state index in [0.29, 0.717) is 5.75 Å². The van der Waals surface area contributed by atoms with Gasteiger partial charge in [0.2, 0.25) is 5.91 Å². The third-order valence-electron chi connectivity index (χ3n) is 2.75. The number of aliphatic hydroxyl groups excluding tert-OH is 1. The molecule has 1 aliphatic heterocycles. The molecule has 0 aromatic carbocycles. The summed E-state index contributed by atoms with van der Waals surface area (Å²) in [6.45, 7) is 2.23. The van der Waals surface area contributed by atoms with Crippen molar-refractivity contribution in [3.05, 3.63) is 0 Å². The summed E-state index contributed by atoms with van der Waals surface area (Å²) in [6, 6.07) is -0.857. The molecule has 0 unspecified atom stereocenters. The Labute approximate surface area is 105 Å². The number of thioether (sulfide) groups is 1. The third-order valence-corrected chi connectivity index (χ3v) is 3.78. The highest BCUT2D eigenvalue weighted by molar-refractivity contribution is 7.99. The summed E-state index contributed by atoms with van der Waals surface area (Å²) < 4.78 is 0. The molecule has 6 heteroatoms. The first-order valence-corrected chi connectivity index (χ1v) is 6.99. The van der Waals surface area contributed by atoms with Gasteiger partial charge in [0.1, 0.15) is 6.04 Å². The molecule has 0 spiro atoms. The fraction of sp³-hybridized carbons (Fsp3) is 0.818. The van der Waals surface area contributed by atoms with Crippen LogP contribution < -0.4 is 0 Å². The minimum Gasteiger partial charge on any atom is -0.480 e. The van der Waals surface area contributed by atoms with Crippen molar-refractivity contribution < 1.29 is 19.8 Å². The van der Waals surface area contributed by atoms with Gasteiger partial charge in [-0.1, -0.05) is 13.3 Å². The Morgan fingerprint density at radius 3 is 2.76 bits per heavy atom. The minimum atomic E-state index is -1.03. The van der Waals surface area contributed by atoms with Gasteiger partial charge in [-0.25, -0.2) is 4.79 Å². The van der Waals surface area contributed by atoms with E-state index in [0.717, 1.165) is 18.6 Å². The number of nitrogens with zero attached hydrogens (tertiary/aromatic N) is 1. The molecule has 98 valence electrons. The minimum absolute atomic E-state index is 0.140. The number of hydrogen-bond acceptors (Lipinski definition) is 4. The van der Waals surface area contributed by atoms with Crippen LogP contribution in [0.15, 0.2) is 0 Å². The SMILES string of the molecule is CCCCSCC(=O)N1C[C@H](O)C[C@@H]1C(=O)O. The number of rotatable bonds is 6. The highest BCUT2D eigenvalue weighted by Gasteiger charge is 2.38. The Kier molecular flexibility index (Phi) is 5.77. The summed E-state index contributed by atoms with van der Waals surface area (Å²) in [5.41, 5.74) is 0. The van der Waals surface area contributed by atoms with Crippen molar-refractivity contribution >= 4 is 23.6 Å². The van der Waals surface area contributed by atoms with Gasteiger partial charge in [0, 0.05) is 13.0 Å². The molecule has 0 aliphatic carbocycles. The molecular weight excluding hydrogens is 242 g/mol. The van der Waals surface area contributed by atoms with Gasteiger partial charge in [-0.15, -0.1) is 0 Å². The van der Waals surface area contributed by atoms with Crippen molar-refractivity contribution in [2.75, 3.05) is 18.1 Å². The van der Waals surface area contributed by atoms with Gasteiger partial charge in [0.15, 0.2) is 0 Å². The lowest BCUT2D eigenvalue weighted by atomic mass is 10.2. The quantitative estimate of drug-likeness (QED) is 0.683. The lowest BCUT2D eigenvalue weighted by Crippen LogP contribution is -2.41. The summed E-state index contributed by atoms with van der Waals surface area (Å²) in [6.07, 6.45) is 1.58. The number of β-amino-alcohol motifs (C(OH)–C–C–N with tert-alkyl or cyclic N) is 1. The van der Waals surface area contributed by atoms with Gasteiger partial charge >= 0.3 is 5.97 Å². The van der Waals surface area contributed by atoms with Crippen molar-refractivity contribution in [1.82, 2.24) is 4.90 Å². The number of carboxylic acids is 1. The third kappa shape index (κ3) is 4.20. The molecule has 1 saturated heterocycles. The number of carbonyl (C=O) groups is 2. The predicted molar refractivity (Wildman–Crippen MR) is 66.0 cm³/mol. The van der Waals surface area contributed by atoms with Crippen LogP contribution in [0.25, 0.3) is 0 Å². The van der Waals surface area contributed by atoms with Crippen molar-refractivity contribution in [3.63, 3.8) is 0 Å². The lowest BCUT2D eigenvalue weighted by molar-refractivity contribution is -0.147. The zero-order valence-electron chi connectivity index (χ0n) is 9.96. The summed E-state index contributed by atoms with van der Waals surface area (Å²) >= 11 is 1.52. The first-order valence-electron chi connectivity index (χ1n) is 5.84. The predicted octanol–water partition coefficient (Wildman–Crippen LogP) is 0.566. The van der Waals surface area contributed by atoms with Crippen LogP contribution >= 0.6 is 11.8 Å². The summed E-state index contributed by atoms with van der Waals surface area (Å²) in [5.74, 6) is -0.00382. The Hall–Kier alpha value is -0.750. The number of aliphatic carboxylic acids is 1. The topological polar surface area (TPSA) is 77.8 Å². The summed E-state index contributed by atoms with van der Waals surface area (Å²) in [4.78, 5) is 24.0. The van der Waals surface area contributed by atoms with E-state index in [2.05, 4.69) is 6.92 Å². The smallest absolute Gasteiger partial charge is 0.326 e. The normalized spacial score (nSPS) is 24.0. The van der Waals surface area contributed by atoms with Gasteiger partial charge in [-0.3, -0.25) is 4.79 Å². The first-order chi connectivity index (χ1) is 8.06. The number of carboxylic acid groups (broad SMARTS) is 1. The fourth-order valence-corrected chi connectivity index (χ4v) is 2.79. The average molecular weight is 261 g/mol. The second kappa shape index (κ2) is 6.86. The van der Waals surface area contributed by atoms with Crippen LogP contribution in [-0.4, -0.2) is 57.2 Å². The monoisotopic (exact) mass is 261 g/mol. The largest absolute Gasteiger partial charge is 0.480 e. The van der Waals surface area contributed by atoms with E-state index >= 15 is 0 Å². The molecule has 0 saturated carbocycles. The molecule has 0 radical (unpaired) electrons. The Bertz CT molecular complexity index is 285. The Morgan fingerprint density at radius 1 is 1.47 bits per heavy atom. The number of unbranched alkanes of at least 4 members (excludes halogenated alkanes) is 1. The number of carbonyl (C=O) groups excluding carboxylic acids is 1. The molecule has 0 aromatic heterocycles. The molecule has 2 N–H and O–H groups in total. The van der Waals surface area contributed by atoms with E-state index in [1.54, 1.807) is 0 Å². The molecule has 0 bridgehead atoms. The van der Waals surface area contributed by atoms with Crippen LogP contribution in [0.3, 0.4) is 0 Å². The van der Waals surface area contributed by atoms with Crippen molar-refractivity contribution in [3.8, 4) is 0 Å². The van der Waals surface area contributed by atoms with Gasteiger partial charge in [-0.05, 0) is 12.2 Å². The molecular formula is C11H19NO4S. The lowest BCUT2D eigenvalue weighted by Gasteiger charge is -2.20. The zero-order valence-corrected chi connectivity index (χ0v) is 10.8.